The number of likely N-dealkylation sites (tertiary alicyclic amines) is 1. The number of pyridine rings is 1. The summed E-state index contributed by atoms with van der Waals surface area (Å²) < 4.78 is 0. The van der Waals surface area contributed by atoms with Gasteiger partial charge in [0, 0.05) is 19.1 Å². The first-order chi connectivity index (χ1) is 14.0. The number of aromatic carboxylic acids is 1. The molecule has 2 heterocycles. The molecule has 2 N–H and O–H groups in total. The van der Waals surface area contributed by atoms with Crippen LogP contribution >= 0.6 is 0 Å². The third-order valence-electron chi connectivity index (χ3n) is 5.25. The first-order valence-corrected chi connectivity index (χ1v) is 9.84. The van der Waals surface area contributed by atoms with Gasteiger partial charge in [-0.05, 0) is 37.0 Å². The van der Waals surface area contributed by atoms with Crippen LogP contribution < -0.4 is 5.32 Å². The summed E-state index contributed by atoms with van der Waals surface area (Å²) >= 11 is 0. The van der Waals surface area contributed by atoms with Crippen molar-refractivity contribution in [3.63, 3.8) is 0 Å². The van der Waals surface area contributed by atoms with Gasteiger partial charge in [-0.1, -0.05) is 43.3 Å². The van der Waals surface area contributed by atoms with Crippen LogP contribution in [-0.4, -0.2) is 51.9 Å². The Labute approximate surface area is 169 Å². The van der Waals surface area contributed by atoms with E-state index in [9.17, 15) is 14.4 Å². The van der Waals surface area contributed by atoms with Crippen molar-refractivity contribution in [3.05, 3.63) is 65.5 Å². The zero-order valence-corrected chi connectivity index (χ0v) is 16.4. The van der Waals surface area contributed by atoms with Crippen LogP contribution in [0.2, 0.25) is 0 Å². The fourth-order valence-electron chi connectivity index (χ4n) is 3.64. The summed E-state index contributed by atoms with van der Waals surface area (Å²) in [6.07, 6.45) is 2.05. The predicted molar refractivity (Wildman–Crippen MR) is 108 cm³/mol. The molecule has 7 nitrogen and oxygen atoms in total. The van der Waals surface area contributed by atoms with Gasteiger partial charge in [-0.25, -0.2) is 9.78 Å². The molecule has 7 heteroatoms. The van der Waals surface area contributed by atoms with Crippen molar-refractivity contribution in [1.29, 1.82) is 0 Å². The molecule has 152 valence electrons. The number of nitrogens with zero attached hydrogens (tertiary/aromatic N) is 2. The van der Waals surface area contributed by atoms with Crippen molar-refractivity contribution in [1.82, 2.24) is 15.2 Å². The van der Waals surface area contributed by atoms with Gasteiger partial charge in [-0.15, -0.1) is 0 Å². The van der Waals surface area contributed by atoms with Gasteiger partial charge in [-0.2, -0.15) is 0 Å². The SMILES string of the molecule is CCC(C(=O)N1CCC(NC(=O)c2cccc(C(=O)O)n2)CC1)c1ccccc1. The number of nitrogens with one attached hydrogen (secondary N) is 1. The lowest BCUT2D eigenvalue weighted by atomic mass is 9.93. The summed E-state index contributed by atoms with van der Waals surface area (Å²) in [6, 6.07) is 14.1. The molecular weight excluding hydrogens is 370 g/mol. The van der Waals surface area contributed by atoms with E-state index in [1.807, 2.05) is 42.2 Å². The molecule has 1 aliphatic rings. The molecule has 29 heavy (non-hydrogen) atoms. The maximum atomic E-state index is 13.0. The monoisotopic (exact) mass is 395 g/mol. The van der Waals surface area contributed by atoms with Gasteiger partial charge in [0.05, 0.1) is 5.92 Å². The topological polar surface area (TPSA) is 99.6 Å². The van der Waals surface area contributed by atoms with Crippen LogP contribution in [0.5, 0.6) is 0 Å². The average molecular weight is 395 g/mol. The van der Waals surface area contributed by atoms with Crippen molar-refractivity contribution >= 4 is 17.8 Å². The van der Waals surface area contributed by atoms with Crippen LogP contribution in [0.15, 0.2) is 48.5 Å². The van der Waals surface area contributed by atoms with Crippen LogP contribution in [0, 0.1) is 0 Å². The van der Waals surface area contributed by atoms with Crippen molar-refractivity contribution < 1.29 is 19.5 Å². The molecule has 1 saturated heterocycles. The number of rotatable bonds is 6. The highest BCUT2D eigenvalue weighted by Crippen LogP contribution is 2.24. The Morgan fingerprint density at radius 1 is 1.07 bits per heavy atom. The number of amides is 2. The van der Waals surface area contributed by atoms with E-state index in [2.05, 4.69) is 10.3 Å². The molecular formula is C22H25N3O4. The zero-order chi connectivity index (χ0) is 20.8. The highest BCUT2D eigenvalue weighted by Gasteiger charge is 2.29. The molecule has 2 aromatic rings. The molecule has 1 aromatic heterocycles. The smallest absolute Gasteiger partial charge is 0.354 e. The predicted octanol–water partition coefficient (Wildman–Crippen LogP) is 2.69. The van der Waals surface area contributed by atoms with Gasteiger partial charge in [-0.3, -0.25) is 9.59 Å². The Morgan fingerprint density at radius 3 is 2.34 bits per heavy atom. The van der Waals surface area contributed by atoms with Gasteiger partial charge in [0.1, 0.15) is 11.4 Å². The summed E-state index contributed by atoms with van der Waals surface area (Å²) in [5, 5.41) is 11.9. The summed E-state index contributed by atoms with van der Waals surface area (Å²) in [5.41, 5.74) is 0.947. The minimum atomic E-state index is -1.17. The van der Waals surface area contributed by atoms with Crippen LogP contribution in [0.1, 0.15) is 58.6 Å². The third-order valence-corrected chi connectivity index (χ3v) is 5.25. The minimum absolute atomic E-state index is 0.0707. The van der Waals surface area contributed by atoms with E-state index < -0.39 is 11.9 Å². The minimum Gasteiger partial charge on any atom is -0.477 e. The quantitative estimate of drug-likeness (QED) is 0.783. The molecule has 0 spiro atoms. The third kappa shape index (κ3) is 4.99. The molecule has 1 unspecified atom stereocenters. The van der Waals surface area contributed by atoms with E-state index >= 15 is 0 Å². The highest BCUT2D eigenvalue weighted by atomic mass is 16.4. The van der Waals surface area contributed by atoms with Crippen molar-refractivity contribution in [3.8, 4) is 0 Å². The standard InChI is InChI=1S/C22H25N3O4/c1-2-17(15-7-4-3-5-8-15)21(27)25-13-11-16(12-14-25)23-20(26)18-9-6-10-19(24-18)22(28)29/h3-10,16-17H,2,11-14H2,1H3,(H,23,26)(H,28,29). The van der Waals surface area contributed by atoms with E-state index in [1.54, 1.807) is 0 Å². The lowest BCUT2D eigenvalue weighted by Crippen LogP contribution is -2.47. The Kier molecular flexibility index (Phi) is 6.59. The molecule has 0 radical (unpaired) electrons. The van der Waals surface area contributed by atoms with Gasteiger partial charge in [0.2, 0.25) is 5.91 Å². The second-order valence-electron chi connectivity index (χ2n) is 7.16. The molecule has 1 atom stereocenters. The number of carboxylic acids is 1. The largest absolute Gasteiger partial charge is 0.477 e. The molecule has 2 amide bonds. The fraction of sp³-hybridized carbons (Fsp3) is 0.364. The molecule has 0 aliphatic carbocycles. The van der Waals surface area contributed by atoms with Crippen LogP contribution in [-0.2, 0) is 4.79 Å². The number of hydrogen-bond acceptors (Lipinski definition) is 4. The Hall–Kier alpha value is -3.22. The van der Waals surface area contributed by atoms with Crippen LogP contribution in [0.3, 0.4) is 0 Å². The van der Waals surface area contributed by atoms with E-state index in [1.165, 1.54) is 18.2 Å². The van der Waals surface area contributed by atoms with Crippen LogP contribution in [0.25, 0.3) is 0 Å². The number of piperidine rings is 1. The van der Waals surface area contributed by atoms with E-state index in [-0.39, 0.29) is 29.3 Å². The van der Waals surface area contributed by atoms with E-state index in [0.717, 1.165) is 12.0 Å². The molecule has 0 bridgehead atoms. The zero-order valence-electron chi connectivity index (χ0n) is 16.4. The molecule has 1 fully saturated rings. The average Bonchev–Trinajstić information content (AvgIpc) is 2.75. The van der Waals surface area contributed by atoms with Gasteiger partial charge in [0.25, 0.3) is 5.91 Å². The second-order valence-corrected chi connectivity index (χ2v) is 7.16. The molecule has 1 aliphatic heterocycles. The molecule has 0 saturated carbocycles. The first-order valence-electron chi connectivity index (χ1n) is 9.84. The summed E-state index contributed by atoms with van der Waals surface area (Å²) in [7, 11) is 0. The normalized spacial score (nSPS) is 15.6. The number of carboxylic acid groups (broad SMARTS) is 1. The maximum Gasteiger partial charge on any atom is 0.354 e. The van der Waals surface area contributed by atoms with Gasteiger partial charge in [0.15, 0.2) is 0 Å². The number of benzene rings is 1. The maximum absolute atomic E-state index is 13.0. The van der Waals surface area contributed by atoms with Crippen molar-refractivity contribution in [2.75, 3.05) is 13.1 Å². The Morgan fingerprint density at radius 2 is 1.72 bits per heavy atom. The van der Waals surface area contributed by atoms with Gasteiger partial charge >= 0.3 is 5.97 Å². The van der Waals surface area contributed by atoms with E-state index in [4.69, 9.17) is 5.11 Å². The molecule has 1 aromatic carbocycles. The van der Waals surface area contributed by atoms with E-state index in [0.29, 0.717) is 25.9 Å². The summed E-state index contributed by atoms with van der Waals surface area (Å²) in [4.78, 5) is 42.1. The number of aromatic nitrogens is 1. The number of hydrogen-bond donors (Lipinski definition) is 2. The fourth-order valence-corrected chi connectivity index (χ4v) is 3.64. The highest BCUT2D eigenvalue weighted by molar-refractivity contribution is 5.94. The van der Waals surface area contributed by atoms with Crippen LogP contribution in [0.4, 0.5) is 0 Å². The summed E-state index contributed by atoms with van der Waals surface area (Å²) in [6.45, 7) is 3.17. The van der Waals surface area contributed by atoms with Gasteiger partial charge < -0.3 is 15.3 Å². The summed E-state index contributed by atoms with van der Waals surface area (Å²) in [5.74, 6) is -1.59. The number of carbonyl (C=O) groups excluding carboxylic acids is 2. The lowest BCUT2D eigenvalue weighted by molar-refractivity contribution is -0.134. The van der Waals surface area contributed by atoms with Crippen molar-refractivity contribution in [2.45, 2.75) is 38.1 Å². The Bertz CT molecular complexity index is 877. The lowest BCUT2D eigenvalue weighted by Gasteiger charge is -2.34. The number of carbonyl (C=O) groups is 3. The molecule has 3 rings (SSSR count). The Balaban J connectivity index is 1.56. The van der Waals surface area contributed by atoms with Crippen molar-refractivity contribution in [2.24, 2.45) is 0 Å². The second kappa shape index (κ2) is 9.32. The first kappa shape index (κ1) is 20.5.